The van der Waals surface area contributed by atoms with Crippen molar-refractivity contribution in [3.8, 4) is 0 Å². The van der Waals surface area contributed by atoms with Gasteiger partial charge in [-0.05, 0) is 42.5 Å². The molecule has 1 aliphatic rings. The maximum Gasteiger partial charge on any atom is 0.255 e. The highest BCUT2D eigenvalue weighted by Crippen LogP contribution is 2.31. The molecule has 33 heavy (non-hydrogen) atoms. The molecule has 0 aromatic heterocycles. The summed E-state index contributed by atoms with van der Waals surface area (Å²) in [6.45, 7) is 0.758. The number of nitrogens with one attached hydrogen (secondary N) is 1. The number of para-hydroxylation sites is 3. The average molecular weight is 470 g/mol. The number of amides is 1. The lowest BCUT2D eigenvalue weighted by molar-refractivity contribution is 0.0729. The number of benzene rings is 3. The zero-order valence-corrected chi connectivity index (χ0v) is 18.9. The minimum atomic E-state index is -4.09. The predicted molar refractivity (Wildman–Crippen MR) is 125 cm³/mol. The molecule has 1 heterocycles. The van der Waals surface area contributed by atoms with Crippen molar-refractivity contribution in [2.24, 2.45) is 0 Å². The first kappa shape index (κ1) is 22.9. The van der Waals surface area contributed by atoms with Crippen LogP contribution in [0.3, 0.4) is 0 Å². The van der Waals surface area contributed by atoms with Gasteiger partial charge in [-0.15, -0.1) is 0 Å². The molecule has 9 heteroatoms. The van der Waals surface area contributed by atoms with E-state index in [9.17, 15) is 17.6 Å². The van der Waals surface area contributed by atoms with E-state index in [0.29, 0.717) is 5.69 Å². The molecule has 0 saturated carbocycles. The normalized spacial score (nSPS) is 14.6. The summed E-state index contributed by atoms with van der Waals surface area (Å²) in [6.07, 6.45) is 0. The van der Waals surface area contributed by atoms with Crippen molar-refractivity contribution < 1.29 is 22.3 Å². The van der Waals surface area contributed by atoms with Gasteiger partial charge < -0.3 is 15.0 Å². The fourth-order valence-electron chi connectivity index (χ4n) is 3.63. The Kier molecular flexibility index (Phi) is 6.73. The molecule has 3 aromatic rings. The molecular weight excluding hydrogens is 445 g/mol. The van der Waals surface area contributed by atoms with E-state index in [1.165, 1.54) is 10.4 Å². The van der Waals surface area contributed by atoms with Gasteiger partial charge in [0.25, 0.3) is 5.91 Å². The largest absolute Gasteiger partial charge is 0.379 e. The Hall–Kier alpha value is -3.27. The first-order valence-electron chi connectivity index (χ1n) is 10.4. The third-order valence-corrected chi connectivity index (χ3v) is 7.35. The van der Waals surface area contributed by atoms with Gasteiger partial charge in [-0.3, -0.25) is 4.79 Å². The van der Waals surface area contributed by atoms with Crippen molar-refractivity contribution in [2.75, 3.05) is 43.6 Å². The van der Waals surface area contributed by atoms with E-state index in [2.05, 4.69) is 5.32 Å². The molecule has 1 aliphatic heterocycles. The lowest BCUT2D eigenvalue weighted by Crippen LogP contribution is -2.41. The van der Waals surface area contributed by atoms with Crippen LogP contribution in [0.5, 0.6) is 0 Å². The van der Waals surface area contributed by atoms with Gasteiger partial charge in [0.15, 0.2) is 0 Å². The molecule has 1 fully saturated rings. The summed E-state index contributed by atoms with van der Waals surface area (Å²) >= 11 is 0. The predicted octanol–water partition coefficient (Wildman–Crippen LogP) is 3.87. The van der Waals surface area contributed by atoms with Crippen LogP contribution >= 0.6 is 0 Å². The van der Waals surface area contributed by atoms with Crippen molar-refractivity contribution in [1.29, 1.82) is 0 Å². The molecule has 0 bridgehead atoms. The van der Waals surface area contributed by atoms with E-state index in [4.69, 9.17) is 4.74 Å². The molecule has 7 nitrogen and oxygen atoms in total. The number of sulfonamides is 1. The summed E-state index contributed by atoms with van der Waals surface area (Å²) in [4.78, 5) is 14.4. The Balaban J connectivity index is 1.61. The first-order chi connectivity index (χ1) is 15.9. The van der Waals surface area contributed by atoms with Crippen LogP contribution in [-0.4, -0.2) is 52.0 Å². The summed E-state index contributed by atoms with van der Waals surface area (Å²) in [5.74, 6) is -1.44. The summed E-state index contributed by atoms with van der Waals surface area (Å²) in [7, 11) is -2.21. The van der Waals surface area contributed by atoms with Crippen LogP contribution in [0, 0.1) is 5.82 Å². The summed E-state index contributed by atoms with van der Waals surface area (Å²) in [6, 6.07) is 20.3. The van der Waals surface area contributed by atoms with Crippen molar-refractivity contribution in [2.45, 2.75) is 4.90 Å². The van der Waals surface area contributed by atoms with Gasteiger partial charge in [-0.25, -0.2) is 12.8 Å². The Bertz CT molecular complexity index is 1250. The van der Waals surface area contributed by atoms with Crippen molar-refractivity contribution in [3.63, 3.8) is 0 Å². The van der Waals surface area contributed by atoms with Crippen molar-refractivity contribution >= 4 is 33.0 Å². The van der Waals surface area contributed by atoms with Crippen LogP contribution < -0.4 is 10.2 Å². The standard InChI is InChI=1S/C24H24FN3O4S/c1-27(19-7-3-2-4-8-19)22-10-6-5-9-21(22)26-24(29)18-11-12-20(25)23(17-18)33(30,31)28-13-15-32-16-14-28/h2-12,17H,13-16H2,1H3,(H,26,29). The molecule has 0 unspecified atom stereocenters. The number of carbonyl (C=O) groups is 1. The molecule has 0 radical (unpaired) electrons. The van der Waals surface area contributed by atoms with Gasteiger partial charge in [-0.1, -0.05) is 30.3 Å². The van der Waals surface area contributed by atoms with Crippen LogP contribution in [0.15, 0.2) is 77.7 Å². The van der Waals surface area contributed by atoms with Gasteiger partial charge in [-0.2, -0.15) is 4.31 Å². The highest BCUT2D eigenvalue weighted by Gasteiger charge is 2.30. The third-order valence-electron chi connectivity index (χ3n) is 5.44. The van der Waals surface area contributed by atoms with E-state index in [1.807, 2.05) is 54.4 Å². The number of halogens is 1. The maximum absolute atomic E-state index is 14.5. The number of ether oxygens (including phenoxy) is 1. The topological polar surface area (TPSA) is 79.0 Å². The Morgan fingerprint density at radius 3 is 2.39 bits per heavy atom. The van der Waals surface area contributed by atoms with E-state index in [1.54, 1.807) is 12.1 Å². The van der Waals surface area contributed by atoms with Crippen LogP contribution in [-0.2, 0) is 14.8 Å². The number of hydrogen-bond acceptors (Lipinski definition) is 5. The molecule has 172 valence electrons. The van der Waals surface area contributed by atoms with Crippen molar-refractivity contribution in [3.05, 3.63) is 84.2 Å². The second-order valence-electron chi connectivity index (χ2n) is 7.53. The zero-order valence-electron chi connectivity index (χ0n) is 18.1. The molecule has 1 N–H and O–H groups in total. The van der Waals surface area contributed by atoms with Crippen molar-refractivity contribution in [1.82, 2.24) is 4.31 Å². The highest BCUT2D eigenvalue weighted by molar-refractivity contribution is 7.89. The number of anilines is 3. The SMILES string of the molecule is CN(c1ccccc1)c1ccccc1NC(=O)c1ccc(F)c(S(=O)(=O)N2CCOCC2)c1. The summed E-state index contributed by atoms with van der Waals surface area (Å²) in [5.41, 5.74) is 2.26. The molecule has 0 atom stereocenters. The maximum atomic E-state index is 14.5. The van der Waals surface area contributed by atoms with E-state index < -0.39 is 26.6 Å². The lowest BCUT2D eigenvalue weighted by Gasteiger charge is -2.26. The van der Waals surface area contributed by atoms with Gasteiger partial charge >= 0.3 is 0 Å². The zero-order chi connectivity index (χ0) is 23.4. The van der Waals surface area contributed by atoms with E-state index in [0.717, 1.165) is 23.5 Å². The minimum absolute atomic E-state index is 0.0420. The molecule has 4 rings (SSSR count). The molecule has 1 saturated heterocycles. The quantitative estimate of drug-likeness (QED) is 0.593. The fourth-order valence-corrected chi connectivity index (χ4v) is 5.12. The molecule has 0 aliphatic carbocycles. The summed E-state index contributed by atoms with van der Waals surface area (Å²) < 4.78 is 46.7. The minimum Gasteiger partial charge on any atom is -0.379 e. The van der Waals surface area contributed by atoms with E-state index in [-0.39, 0.29) is 31.9 Å². The lowest BCUT2D eigenvalue weighted by atomic mass is 10.1. The Morgan fingerprint density at radius 2 is 1.67 bits per heavy atom. The Labute approximate surface area is 192 Å². The van der Waals surface area contributed by atoms with Crippen LogP contribution in [0.4, 0.5) is 21.5 Å². The van der Waals surface area contributed by atoms with Gasteiger partial charge in [0.1, 0.15) is 10.7 Å². The van der Waals surface area contributed by atoms with Crippen LogP contribution in [0.1, 0.15) is 10.4 Å². The number of nitrogens with zero attached hydrogens (tertiary/aromatic N) is 2. The number of rotatable bonds is 6. The van der Waals surface area contributed by atoms with Crippen LogP contribution in [0.2, 0.25) is 0 Å². The summed E-state index contributed by atoms with van der Waals surface area (Å²) in [5, 5.41) is 2.82. The van der Waals surface area contributed by atoms with Gasteiger partial charge in [0.05, 0.1) is 24.6 Å². The average Bonchev–Trinajstić information content (AvgIpc) is 2.85. The second-order valence-corrected chi connectivity index (χ2v) is 9.43. The number of morpholine rings is 1. The molecular formula is C24H24FN3O4S. The first-order valence-corrected chi connectivity index (χ1v) is 11.9. The highest BCUT2D eigenvalue weighted by atomic mass is 32.2. The second kappa shape index (κ2) is 9.70. The van der Waals surface area contributed by atoms with Gasteiger partial charge in [0.2, 0.25) is 10.0 Å². The number of hydrogen-bond donors (Lipinski definition) is 1. The monoisotopic (exact) mass is 469 g/mol. The van der Waals surface area contributed by atoms with Gasteiger partial charge in [0, 0.05) is 31.4 Å². The number of carbonyl (C=O) groups excluding carboxylic acids is 1. The van der Waals surface area contributed by atoms with Crippen LogP contribution in [0.25, 0.3) is 0 Å². The fraction of sp³-hybridized carbons (Fsp3) is 0.208. The molecule has 0 spiro atoms. The Morgan fingerprint density at radius 1 is 1.00 bits per heavy atom. The third kappa shape index (κ3) is 4.90. The molecule has 1 amide bonds. The smallest absolute Gasteiger partial charge is 0.255 e. The molecule has 3 aromatic carbocycles. The van der Waals surface area contributed by atoms with E-state index >= 15 is 0 Å².